The van der Waals surface area contributed by atoms with Gasteiger partial charge >= 0.3 is 0 Å². The van der Waals surface area contributed by atoms with Gasteiger partial charge in [0, 0.05) is 48.7 Å². The van der Waals surface area contributed by atoms with Crippen molar-refractivity contribution in [3.63, 3.8) is 0 Å². The minimum absolute atomic E-state index is 0.608. The fourth-order valence-electron chi connectivity index (χ4n) is 11.4. The quantitative estimate of drug-likeness (QED) is 0.177. The summed E-state index contributed by atoms with van der Waals surface area (Å²) in [4.78, 5) is 10.8. The third kappa shape index (κ3) is 5.25. The zero-order valence-corrected chi connectivity index (χ0v) is 37.2. The van der Waals surface area contributed by atoms with Gasteiger partial charge in [0.25, 0.3) is 0 Å². The molecular formula is C63H36N2O2S. The first kappa shape index (κ1) is 37.6. The van der Waals surface area contributed by atoms with Crippen molar-refractivity contribution < 1.29 is 9.15 Å². The molecule has 1 spiro atoms. The molecule has 5 heteroatoms. The second-order valence-corrected chi connectivity index (χ2v) is 19.0. The Labute approximate surface area is 395 Å². The molecule has 68 heavy (non-hydrogen) atoms. The average Bonchev–Trinajstić information content (AvgIpc) is 4.06. The highest BCUT2D eigenvalue weighted by Crippen LogP contribution is 2.63. The molecule has 0 fully saturated rings. The van der Waals surface area contributed by atoms with Crippen LogP contribution in [0.25, 0.3) is 109 Å². The van der Waals surface area contributed by atoms with E-state index in [2.05, 4.69) is 218 Å². The van der Waals surface area contributed by atoms with Gasteiger partial charge in [-0.05, 0) is 98.2 Å². The maximum atomic E-state index is 7.09. The molecule has 0 N–H and O–H groups in total. The maximum Gasteiger partial charge on any atom is 0.161 e. The Morgan fingerprint density at radius 3 is 1.90 bits per heavy atom. The number of thiophene rings is 1. The third-order valence-corrected chi connectivity index (χ3v) is 15.5. The normalized spacial score (nSPS) is 13.2. The molecule has 0 saturated carbocycles. The smallest absolute Gasteiger partial charge is 0.161 e. The van der Waals surface area contributed by atoms with E-state index in [1.54, 1.807) is 11.3 Å². The fourth-order valence-corrected chi connectivity index (χ4v) is 12.5. The average molecular weight is 885 g/mol. The van der Waals surface area contributed by atoms with Crippen LogP contribution in [0.4, 0.5) is 0 Å². The number of fused-ring (bicyclic) bond motifs is 16. The summed E-state index contributed by atoms with van der Waals surface area (Å²) >= 11 is 1.74. The molecule has 2 aliphatic rings. The van der Waals surface area contributed by atoms with Crippen molar-refractivity contribution in [3.8, 4) is 67.5 Å². The lowest BCUT2D eigenvalue weighted by molar-refractivity contribution is 0.436. The van der Waals surface area contributed by atoms with E-state index in [9.17, 15) is 0 Å². The van der Waals surface area contributed by atoms with Gasteiger partial charge in [0.1, 0.15) is 22.7 Å². The topological polar surface area (TPSA) is 48.2 Å². The van der Waals surface area contributed by atoms with Gasteiger partial charge in [-0.3, -0.25) is 0 Å². The van der Waals surface area contributed by atoms with Gasteiger partial charge in [0.2, 0.25) is 0 Å². The van der Waals surface area contributed by atoms with Crippen molar-refractivity contribution in [3.05, 3.63) is 241 Å². The van der Waals surface area contributed by atoms with Crippen molar-refractivity contribution in [1.82, 2.24) is 9.97 Å². The molecule has 4 nitrogen and oxygen atoms in total. The molecule has 0 bridgehead atoms. The fraction of sp³-hybridized carbons (Fsp3) is 0.0159. The summed E-state index contributed by atoms with van der Waals surface area (Å²) in [6.07, 6.45) is 0. The highest BCUT2D eigenvalue weighted by Gasteiger charge is 2.51. The van der Waals surface area contributed by atoms with Gasteiger partial charge in [-0.15, -0.1) is 11.3 Å². The zero-order chi connectivity index (χ0) is 44.5. The number of hydrogen-bond donors (Lipinski definition) is 0. The monoisotopic (exact) mass is 884 g/mol. The van der Waals surface area contributed by atoms with Crippen LogP contribution in [-0.4, -0.2) is 9.97 Å². The Bertz CT molecular complexity index is 4210. The van der Waals surface area contributed by atoms with Crippen molar-refractivity contribution in [2.75, 3.05) is 0 Å². The number of para-hydroxylation sites is 3. The number of furan rings is 1. The summed E-state index contributed by atoms with van der Waals surface area (Å²) in [6.45, 7) is 0. The Kier molecular flexibility index (Phi) is 7.83. The minimum atomic E-state index is -0.608. The van der Waals surface area contributed by atoms with Gasteiger partial charge in [-0.2, -0.15) is 0 Å². The summed E-state index contributed by atoms with van der Waals surface area (Å²) in [5, 5.41) is 5.70. The van der Waals surface area contributed by atoms with Gasteiger partial charge < -0.3 is 9.15 Å². The molecule has 1 aliphatic heterocycles. The van der Waals surface area contributed by atoms with E-state index in [1.165, 1.54) is 37.7 Å². The molecular weight excluding hydrogens is 849 g/mol. The van der Waals surface area contributed by atoms with Crippen LogP contribution in [0.3, 0.4) is 0 Å². The van der Waals surface area contributed by atoms with Gasteiger partial charge in [-0.1, -0.05) is 170 Å². The predicted octanol–water partition coefficient (Wildman–Crippen LogP) is 17.0. The molecule has 13 aromatic rings. The van der Waals surface area contributed by atoms with Crippen LogP contribution in [0.5, 0.6) is 11.5 Å². The van der Waals surface area contributed by atoms with Crippen LogP contribution < -0.4 is 4.74 Å². The first-order valence-electron chi connectivity index (χ1n) is 23.0. The summed E-state index contributed by atoms with van der Waals surface area (Å²) < 4.78 is 16.0. The number of hydrogen-bond acceptors (Lipinski definition) is 5. The highest BCUT2D eigenvalue weighted by molar-refractivity contribution is 7.26. The first-order chi connectivity index (χ1) is 33.7. The van der Waals surface area contributed by atoms with Crippen LogP contribution in [0.2, 0.25) is 0 Å². The molecule has 15 rings (SSSR count). The van der Waals surface area contributed by atoms with E-state index in [4.69, 9.17) is 19.1 Å². The lowest BCUT2D eigenvalue weighted by Gasteiger charge is -2.39. The SMILES string of the molecule is c1ccc(-c2ccccc2-c2nc(-c3ccc4c(c3)oc3c(-c5ccc6c(c5)C5(c7ccccc7Oc7ccccc75)c5cc7ccccc7cc5-6)cccc34)c3sc4ccccc4c3n2)cc1. The molecule has 0 saturated heterocycles. The third-order valence-electron chi connectivity index (χ3n) is 14.4. The van der Waals surface area contributed by atoms with Crippen LogP contribution >= 0.6 is 11.3 Å². The molecule has 0 atom stereocenters. The van der Waals surface area contributed by atoms with Crippen molar-refractivity contribution >= 4 is 64.4 Å². The number of ether oxygens (including phenoxy) is 1. The highest BCUT2D eigenvalue weighted by atomic mass is 32.1. The van der Waals surface area contributed by atoms with E-state index in [1.807, 2.05) is 0 Å². The molecule has 10 aromatic carbocycles. The predicted molar refractivity (Wildman–Crippen MR) is 279 cm³/mol. The van der Waals surface area contributed by atoms with E-state index in [0.717, 1.165) is 99.2 Å². The van der Waals surface area contributed by atoms with Crippen LogP contribution in [0.15, 0.2) is 223 Å². The van der Waals surface area contributed by atoms with E-state index in [0.29, 0.717) is 5.82 Å². The molecule has 0 radical (unpaired) electrons. The Morgan fingerprint density at radius 2 is 1.06 bits per heavy atom. The first-order valence-corrected chi connectivity index (χ1v) is 23.9. The summed E-state index contributed by atoms with van der Waals surface area (Å²) in [7, 11) is 0. The summed E-state index contributed by atoms with van der Waals surface area (Å²) in [5.74, 6) is 2.45. The lowest BCUT2D eigenvalue weighted by Crippen LogP contribution is -2.32. The van der Waals surface area contributed by atoms with Crippen molar-refractivity contribution in [1.29, 1.82) is 0 Å². The van der Waals surface area contributed by atoms with E-state index >= 15 is 0 Å². The van der Waals surface area contributed by atoms with Gasteiger partial charge in [0.05, 0.1) is 21.3 Å². The number of aromatic nitrogens is 2. The molecule has 0 amide bonds. The number of nitrogens with zero attached hydrogens (tertiary/aromatic N) is 2. The molecule has 4 heterocycles. The largest absolute Gasteiger partial charge is 0.457 e. The van der Waals surface area contributed by atoms with Crippen molar-refractivity contribution in [2.24, 2.45) is 0 Å². The molecule has 316 valence electrons. The van der Waals surface area contributed by atoms with Crippen LogP contribution in [0, 0.1) is 0 Å². The van der Waals surface area contributed by atoms with E-state index in [-0.39, 0.29) is 0 Å². The van der Waals surface area contributed by atoms with Crippen LogP contribution in [-0.2, 0) is 5.41 Å². The van der Waals surface area contributed by atoms with Gasteiger partial charge in [0.15, 0.2) is 5.82 Å². The maximum absolute atomic E-state index is 7.09. The Hall–Kier alpha value is -8.64. The van der Waals surface area contributed by atoms with Gasteiger partial charge in [-0.25, -0.2) is 9.97 Å². The van der Waals surface area contributed by atoms with Crippen LogP contribution in [0.1, 0.15) is 22.3 Å². The lowest BCUT2D eigenvalue weighted by atomic mass is 9.65. The Balaban J connectivity index is 0.929. The zero-order valence-electron chi connectivity index (χ0n) is 36.4. The Morgan fingerprint density at radius 1 is 0.397 bits per heavy atom. The van der Waals surface area contributed by atoms with Crippen molar-refractivity contribution in [2.45, 2.75) is 5.41 Å². The molecule has 0 unspecified atom stereocenters. The summed E-state index contributed by atoms with van der Waals surface area (Å²) in [6, 6.07) is 78.2. The summed E-state index contributed by atoms with van der Waals surface area (Å²) in [5.41, 5.74) is 16.5. The standard InChI is InChI=1S/C63H36N2O2S/c1-2-15-37(16-3-1)42-19-6-7-20-47(42)62-64-58(61-59(65-62)48-21-8-13-28-57(48)68-61)41-30-32-45-46-23-14-22-43(60(46)67-56(45)36-41)40-29-31-44-49-33-38-17-4-5-18-39(38)34-53(49)63(52(44)35-40)50-24-9-11-26-54(50)66-55-27-12-10-25-51(55)63/h1-36H. The minimum Gasteiger partial charge on any atom is -0.457 e. The second kappa shape index (κ2) is 14.2. The number of rotatable bonds is 4. The second-order valence-electron chi connectivity index (χ2n) is 17.9. The molecule has 1 aliphatic carbocycles. The van der Waals surface area contributed by atoms with E-state index < -0.39 is 5.41 Å². The number of benzene rings is 10. The molecule has 3 aromatic heterocycles.